The Hall–Kier alpha value is -1.55. The molecule has 2 aromatic rings. The van der Waals surface area contributed by atoms with Crippen LogP contribution in [0, 0.1) is 5.82 Å². The molecule has 0 saturated heterocycles. The van der Waals surface area contributed by atoms with Gasteiger partial charge in [0.15, 0.2) is 11.6 Å². The lowest BCUT2D eigenvalue weighted by atomic mass is 10.2. The van der Waals surface area contributed by atoms with Crippen LogP contribution in [0.3, 0.4) is 0 Å². The van der Waals surface area contributed by atoms with Gasteiger partial charge in [-0.15, -0.1) is 0 Å². The Kier molecular flexibility index (Phi) is 2.83. The first-order valence-electron chi connectivity index (χ1n) is 4.76. The van der Waals surface area contributed by atoms with Crippen molar-refractivity contribution in [3.8, 4) is 5.75 Å². The minimum atomic E-state index is -0.507. The van der Waals surface area contributed by atoms with Crippen molar-refractivity contribution in [2.75, 3.05) is 6.61 Å². The highest BCUT2D eigenvalue weighted by Crippen LogP contribution is 2.22. The van der Waals surface area contributed by atoms with Crippen LogP contribution in [0.1, 0.15) is 6.92 Å². The fraction of sp³-hybridized carbons (Fsp3) is 0.182. The summed E-state index contributed by atoms with van der Waals surface area (Å²) < 4.78 is 18.5. The molecule has 16 heavy (non-hydrogen) atoms. The number of aromatic amines is 1. The molecule has 0 saturated carbocycles. The summed E-state index contributed by atoms with van der Waals surface area (Å²) in [6, 6.07) is 2.58. The summed E-state index contributed by atoms with van der Waals surface area (Å²) in [6.07, 6.45) is 1.34. The van der Waals surface area contributed by atoms with Crippen molar-refractivity contribution >= 4 is 22.5 Å². The SMILES string of the molecule is CCOc1cc2c(=O)c(Cl)c[nH]c2cc1F. The zero-order valence-electron chi connectivity index (χ0n) is 8.51. The number of ether oxygens (including phenoxy) is 1. The third-order valence-electron chi connectivity index (χ3n) is 2.19. The van der Waals surface area contributed by atoms with Gasteiger partial charge in [-0.05, 0) is 13.0 Å². The van der Waals surface area contributed by atoms with Crippen LogP contribution in [0.25, 0.3) is 10.9 Å². The Labute approximate surface area is 95.8 Å². The number of benzene rings is 1. The number of rotatable bonds is 2. The van der Waals surface area contributed by atoms with E-state index in [9.17, 15) is 9.18 Å². The highest BCUT2D eigenvalue weighted by Gasteiger charge is 2.09. The highest BCUT2D eigenvalue weighted by molar-refractivity contribution is 6.31. The van der Waals surface area contributed by atoms with Gasteiger partial charge in [0, 0.05) is 12.3 Å². The molecule has 0 spiro atoms. The minimum Gasteiger partial charge on any atom is -0.491 e. The predicted octanol–water partition coefficient (Wildman–Crippen LogP) is 2.72. The molecule has 0 aliphatic heterocycles. The molecule has 0 amide bonds. The molecule has 0 atom stereocenters. The third-order valence-corrected chi connectivity index (χ3v) is 2.47. The molecule has 0 radical (unpaired) electrons. The van der Waals surface area contributed by atoms with Gasteiger partial charge in [0.1, 0.15) is 5.02 Å². The van der Waals surface area contributed by atoms with Gasteiger partial charge in [-0.25, -0.2) is 4.39 Å². The van der Waals surface area contributed by atoms with Gasteiger partial charge in [0.25, 0.3) is 0 Å². The average molecular weight is 242 g/mol. The summed E-state index contributed by atoms with van der Waals surface area (Å²) in [5.74, 6) is -0.449. The van der Waals surface area contributed by atoms with Crippen molar-refractivity contribution in [3.63, 3.8) is 0 Å². The van der Waals surface area contributed by atoms with Gasteiger partial charge in [0.2, 0.25) is 5.43 Å². The number of hydrogen-bond donors (Lipinski definition) is 1. The summed E-state index contributed by atoms with van der Waals surface area (Å²) >= 11 is 5.68. The van der Waals surface area contributed by atoms with Gasteiger partial charge < -0.3 is 9.72 Å². The van der Waals surface area contributed by atoms with Crippen molar-refractivity contribution in [2.24, 2.45) is 0 Å². The van der Waals surface area contributed by atoms with Gasteiger partial charge in [-0.3, -0.25) is 4.79 Å². The lowest BCUT2D eigenvalue weighted by Crippen LogP contribution is -2.04. The fourth-order valence-corrected chi connectivity index (χ4v) is 1.62. The van der Waals surface area contributed by atoms with Gasteiger partial charge in [-0.1, -0.05) is 11.6 Å². The third kappa shape index (κ3) is 1.76. The Bertz CT molecular complexity index is 594. The lowest BCUT2D eigenvalue weighted by molar-refractivity contribution is 0.322. The molecule has 0 fully saturated rings. The topological polar surface area (TPSA) is 42.1 Å². The molecule has 3 nitrogen and oxygen atoms in total. The van der Waals surface area contributed by atoms with Crippen LogP contribution >= 0.6 is 11.6 Å². The molecule has 0 aliphatic carbocycles. The number of hydrogen-bond acceptors (Lipinski definition) is 2. The Balaban J connectivity index is 2.76. The van der Waals surface area contributed by atoms with E-state index in [-0.39, 0.29) is 16.2 Å². The first-order valence-corrected chi connectivity index (χ1v) is 5.14. The molecule has 1 heterocycles. The molecule has 5 heteroatoms. The second-order valence-electron chi connectivity index (χ2n) is 3.23. The summed E-state index contributed by atoms with van der Waals surface area (Å²) in [6.45, 7) is 2.08. The number of nitrogens with one attached hydrogen (secondary N) is 1. The maximum absolute atomic E-state index is 13.5. The molecule has 2 rings (SSSR count). The molecule has 0 bridgehead atoms. The molecule has 1 aromatic carbocycles. The van der Waals surface area contributed by atoms with E-state index in [1.165, 1.54) is 18.3 Å². The van der Waals surface area contributed by atoms with Crippen LogP contribution in [0.2, 0.25) is 5.02 Å². The quantitative estimate of drug-likeness (QED) is 0.878. The number of pyridine rings is 1. The Morgan fingerprint density at radius 1 is 1.50 bits per heavy atom. The number of fused-ring (bicyclic) bond motifs is 1. The molecule has 1 aromatic heterocycles. The smallest absolute Gasteiger partial charge is 0.208 e. The second kappa shape index (κ2) is 4.14. The molecule has 1 N–H and O–H groups in total. The van der Waals surface area contributed by atoms with E-state index in [0.717, 1.165) is 0 Å². The zero-order valence-corrected chi connectivity index (χ0v) is 9.27. The van der Waals surface area contributed by atoms with Crippen LogP contribution in [-0.4, -0.2) is 11.6 Å². The summed E-state index contributed by atoms with van der Waals surface area (Å²) in [7, 11) is 0. The molecule has 84 valence electrons. The standard InChI is InChI=1S/C11H9ClFNO2/c1-2-16-10-3-6-9(4-8(10)13)14-5-7(12)11(6)15/h3-5H,2H2,1H3,(H,14,15). The lowest BCUT2D eigenvalue weighted by Gasteiger charge is -2.06. The summed E-state index contributed by atoms with van der Waals surface area (Å²) in [4.78, 5) is 14.4. The van der Waals surface area contributed by atoms with Crippen LogP contribution in [-0.2, 0) is 0 Å². The monoisotopic (exact) mass is 241 g/mol. The number of halogens is 2. The summed E-state index contributed by atoms with van der Waals surface area (Å²) in [5.41, 5.74) is 0.0618. The van der Waals surface area contributed by atoms with Crippen molar-refractivity contribution in [3.05, 3.63) is 39.4 Å². The van der Waals surface area contributed by atoms with Crippen LogP contribution in [0.5, 0.6) is 5.75 Å². The van der Waals surface area contributed by atoms with E-state index in [1.807, 2.05) is 0 Å². The van der Waals surface area contributed by atoms with E-state index >= 15 is 0 Å². The average Bonchev–Trinajstić information content (AvgIpc) is 2.26. The number of aromatic nitrogens is 1. The van der Waals surface area contributed by atoms with Gasteiger partial charge in [0.05, 0.1) is 17.5 Å². The van der Waals surface area contributed by atoms with Crippen molar-refractivity contribution in [2.45, 2.75) is 6.92 Å². The van der Waals surface area contributed by atoms with Crippen molar-refractivity contribution < 1.29 is 9.13 Å². The highest BCUT2D eigenvalue weighted by atomic mass is 35.5. The second-order valence-corrected chi connectivity index (χ2v) is 3.63. The summed E-state index contributed by atoms with van der Waals surface area (Å²) in [5, 5.41) is 0.388. The first kappa shape index (κ1) is 11.0. The van der Waals surface area contributed by atoms with Crippen LogP contribution < -0.4 is 10.2 Å². The maximum atomic E-state index is 13.5. The van der Waals surface area contributed by atoms with Crippen LogP contribution in [0.4, 0.5) is 4.39 Å². The van der Waals surface area contributed by atoms with E-state index in [4.69, 9.17) is 16.3 Å². The van der Waals surface area contributed by atoms with Crippen LogP contribution in [0.15, 0.2) is 23.1 Å². The maximum Gasteiger partial charge on any atom is 0.208 e. The minimum absolute atomic E-state index is 0.0581. The molecular formula is C11H9ClFNO2. The Morgan fingerprint density at radius 3 is 2.94 bits per heavy atom. The van der Waals surface area contributed by atoms with E-state index < -0.39 is 5.82 Å². The molecule has 0 aliphatic rings. The predicted molar refractivity (Wildman–Crippen MR) is 60.7 cm³/mol. The fourth-order valence-electron chi connectivity index (χ4n) is 1.46. The van der Waals surface area contributed by atoms with Crippen molar-refractivity contribution in [1.29, 1.82) is 0 Å². The normalized spacial score (nSPS) is 10.7. The van der Waals surface area contributed by atoms with E-state index in [1.54, 1.807) is 6.92 Å². The molecular weight excluding hydrogens is 233 g/mol. The number of H-pyrrole nitrogens is 1. The van der Waals surface area contributed by atoms with E-state index in [2.05, 4.69) is 4.98 Å². The van der Waals surface area contributed by atoms with Gasteiger partial charge in [-0.2, -0.15) is 0 Å². The van der Waals surface area contributed by atoms with Gasteiger partial charge >= 0.3 is 0 Å². The zero-order chi connectivity index (χ0) is 11.7. The largest absolute Gasteiger partial charge is 0.491 e. The molecule has 0 unspecified atom stereocenters. The van der Waals surface area contributed by atoms with E-state index in [0.29, 0.717) is 17.5 Å². The first-order chi connectivity index (χ1) is 7.63. The van der Waals surface area contributed by atoms with Crippen molar-refractivity contribution in [1.82, 2.24) is 4.98 Å². The Morgan fingerprint density at radius 2 is 2.25 bits per heavy atom.